The van der Waals surface area contributed by atoms with Crippen LogP contribution in [-0.2, 0) is 20.9 Å². The van der Waals surface area contributed by atoms with Gasteiger partial charge in [-0.2, -0.15) is 0 Å². The monoisotopic (exact) mass is 368 g/mol. The molecule has 2 rings (SSSR count). The molecule has 0 spiro atoms. The molecule has 134 valence electrons. The average Bonchev–Trinajstić information content (AvgIpc) is 3.02. The summed E-state index contributed by atoms with van der Waals surface area (Å²) < 4.78 is 5.10. The van der Waals surface area contributed by atoms with E-state index in [1.807, 2.05) is 0 Å². The van der Waals surface area contributed by atoms with Crippen LogP contribution < -0.4 is 0 Å². The number of aliphatic hydroxyl groups excluding tert-OH is 1. The number of aliphatic carboxylic acids is 1. The number of carboxylic acids is 1. The van der Waals surface area contributed by atoms with E-state index in [1.165, 1.54) is 29.2 Å². The van der Waals surface area contributed by atoms with Crippen LogP contribution in [0.5, 0.6) is 0 Å². The molecule has 1 aromatic carbocycles. The lowest BCUT2D eigenvalue weighted by molar-refractivity contribution is -0.384. The van der Waals surface area contributed by atoms with Crippen molar-refractivity contribution in [2.24, 2.45) is 0 Å². The van der Waals surface area contributed by atoms with Crippen LogP contribution in [-0.4, -0.2) is 55.7 Å². The van der Waals surface area contributed by atoms with Gasteiger partial charge in [0.25, 0.3) is 5.69 Å². The number of carbonyl (C=O) groups is 2. The van der Waals surface area contributed by atoms with E-state index >= 15 is 0 Å². The molecule has 0 saturated carbocycles. The van der Waals surface area contributed by atoms with E-state index in [2.05, 4.69) is 0 Å². The van der Waals surface area contributed by atoms with Crippen molar-refractivity contribution in [3.05, 3.63) is 39.9 Å². The minimum Gasteiger partial charge on any atom is -0.500 e. The largest absolute Gasteiger partial charge is 0.500 e. The van der Waals surface area contributed by atoms with Crippen molar-refractivity contribution >= 4 is 34.9 Å². The molecule has 9 nitrogen and oxygen atoms in total. The topological polar surface area (TPSA) is 130 Å². The fourth-order valence-electron chi connectivity index (χ4n) is 2.69. The zero-order valence-corrected chi connectivity index (χ0v) is 13.8. The van der Waals surface area contributed by atoms with Crippen LogP contribution in [0.4, 0.5) is 5.69 Å². The summed E-state index contributed by atoms with van der Waals surface area (Å²) in [6.45, 7) is 0.122. The van der Waals surface area contributed by atoms with Gasteiger partial charge < -0.3 is 14.9 Å². The summed E-state index contributed by atoms with van der Waals surface area (Å²) in [7, 11) is 0. The van der Waals surface area contributed by atoms with E-state index in [4.69, 9.17) is 17.0 Å². The SMILES string of the molecule is O=C(O)C1CCCN1C(C(=O)OCc1ccc([N+](=O)[O-])cc1)C(O)=S. The minimum atomic E-state index is -1.34. The third-order valence-electron chi connectivity index (χ3n) is 3.90. The first-order valence-electron chi connectivity index (χ1n) is 7.42. The molecular formula is C15H16N2O7S. The van der Waals surface area contributed by atoms with Gasteiger partial charge in [-0.25, -0.2) is 4.79 Å². The lowest BCUT2D eigenvalue weighted by Gasteiger charge is -2.27. The summed E-state index contributed by atoms with van der Waals surface area (Å²) in [4.78, 5) is 34.9. The molecule has 2 unspecified atom stereocenters. The molecule has 10 heteroatoms. The first kappa shape index (κ1) is 18.7. The van der Waals surface area contributed by atoms with Crippen LogP contribution >= 0.6 is 12.2 Å². The molecule has 0 amide bonds. The first-order valence-corrected chi connectivity index (χ1v) is 7.83. The van der Waals surface area contributed by atoms with Crippen LogP contribution in [0.1, 0.15) is 18.4 Å². The maximum atomic E-state index is 12.3. The molecule has 1 aromatic rings. The molecule has 2 atom stereocenters. The molecule has 0 aromatic heterocycles. The Morgan fingerprint density at radius 1 is 1.36 bits per heavy atom. The number of thiocarbonyl (C=S) groups is 1. The normalized spacial score (nSPS) is 18.5. The number of carboxylic acid groups (broad SMARTS) is 1. The molecule has 1 heterocycles. The van der Waals surface area contributed by atoms with Crippen molar-refractivity contribution in [3.63, 3.8) is 0 Å². The van der Waals surface area contributed by atoms with Crippen LogP contribution in [0.15, 0.2) is 24.3 Å². The highest BCUT2D eigenvalue weighted by atomic mass is 32.1. The summed E-state index contributed by atoms with van der Waals surface area (Å²) in [6, 6.07) is 3.18. The molecule has 0 radical (unpaired) electrons. The maximum absolute atomic E-state index is 12.3. The Bertz CT molecular complexity index is 692. The first-order chi connectivity index (χ1) is 11.8. The Balaban J connectivity index is 2.04. The second-order valence-electron chi connectivity index (χ2n) is 5.51. The van der Waals surface area contributed by atoms with Crippen LogP contribution in [0, 0.1) is 10.1 Å². The molecular weight excluding hydrogens is 352 g/mol. The van der Waals surface area contributed by atoms with Gasteiger partial charge in [-0.3, -0.25) is 19.8 Å². The minimum absolute atomic E-state index is 0.0918. The Hall–Kier alpha value is -2.59. The summed E-state index contributed by atoms with van der Waals surface area (Å²) in [5.74, 6) is -1.96. The number of hydrogen-bond acceptors (Lipinski definition) is 7. The Kier molecular flexibility index (Phi) is 5.99. The van der Waals surface area contributed by atoms with E-state index in [1.54, 1.807) is 0 Å². The number of nitro groups is 1. The van der Waals surface area contributed by atoms with Gasteiger partial charge in [0.2, 0.25) is 0 Å². The third-order valence-corrected chi connectivity index (χ3v) is 4.12. The van der Waals surface area contributed by atoms with Crippen molar-refractivity contribution in [1.29, 1.82) is 0 Å². The van der Waals surface area contributed by atoms with Gasteiger partial charge in [0, 0.05) is 18.7 Å². The molecule has 1 saturated heterocycles. The van der Waals surface area contributed by atoms with E-state index in [-0.39, 0.29) is 12.3 Å². The van der Waals surface area contributed by atoms with Gasteiger partial charge in [0.1, 0.15) is 12.6 Å². The van der Waals surface area contributed by atoms with Crippen molar-refractivity contribution < 1.29 is 29.5 Å². The summed E-state index contributed by atoms with van der Waals surface area (Å²) in [6.07, 6.45) is 0.912. The number of rotatable bonds is 7. The van der Waals surface area contributed by atoms with Crippen LogP contribution in [0.3, 0.4) is 0 Å². The summed E-state index contributed by atoms with van der Waals surface area (Å²) in [5.41, 5.74) is 0.420. The standard InChI is InChI=1S/C15H16N2O7S/c18-13(19)11-2-1-7-16(11)12(15(21)25)14(20)24-8-9-3-5-10(6-4-9)17(22)23/h3-6,11-12H,1-2,7-8H2,(H,18,19)(H,21,25). The number of nitrogens with zero attached hydrogens (tertiary/aromatic N) is 2. The number of hydrogen-bond donors (Lipinski definition) is 2. The molecule has 25 heavy (non-hydrogen) atoms. The van der Waals surface area contributed by atoms with Gasteiger partial charge >= 0.3 is 11.9 Å². The van der Waals surface area contributed by atoms with Crippen molar-refractivity contribution in [1.82, 2.24) is 4.90 Å². The summed E-state index contributed by atoms with van der Waals surface area (Å²) in [5, 5.41) is 28.8. The van der Waals surface area contributed by atoms with Crippen molar-refractivity contribution in [2.75, 3.05) is 6.54 Å². The van der Waals surface area contributed by atoms with E-state index in [0.29, 0.717) is 24.9 Å². The smallest absolute Gasteiger partial charge is 0.332 e. The molecule has 2 N–H and O–H groups in total. The van der Waals surface area contributed by atoms with Crippen molar-refractivity contribution in [3.8, 4) is 0 Å². The lowest BCUT2D eigenvalue weighted by atomic mass is 10.2. The third kappa shape index (κ3) is 4.48. The van der Waals surface area contributed by atoms with Crippen molar-refractivity contribution in [2.45, 2.75) is 31.5 Å². The Morgan fingerprint density at radius 2 is 2.00 bits per heavy atom. The van der Waals surface area contributed by atoms with Crippen LogP contribution in [0.25, 0.3) is 0 Å². The molecule has 0 aliphatic carbocycles. The van der Waals surface area contributed by atoms with E-state index in [9.17, 15) is 29.9 Å². The fourth-order valence-corrected chi connectivity index (χ4v) is 2.92. The van der Waals surface area contributed by atoms with E-state index in [0.717, 1.165) is 0 Å². The molecule has 1 aliphatic rings. The number of aliphatic hydroxyl groups is 1. The highest BCUT2D eigenvalue weighted by Crippen LogP contribution is 2.22. The quantitative estimate of drug-likeness (QED) is 0.318. The lowest BCUT2D eigenvalue weighted by Crippen LogP contribution is -2.51. The number of benzene rings is 1. The number of carbonyl (C=O) groups excluding carboxylic acids is 1. The number of non-ortho nitro benzene ring substituents is 1. The molecule has 1 aliphatic heterocycles. The number of likely N-dealkylation sites (tertiary alicyclic amines) is 1. The van der Waals surface area contributed by atoms with Crippen LogP contribution in [0.2, 0.25) is 0 Å². The van der Waals surface area contributed by atoms with Gasteiger partial charge in [-0.1, -0.05) is 0 Å². The zero-order chi connectivity index (χ0) is 18.6. The maximum Gasteiger partial charge on any atom is 0.332 e. The predicted octanol–water partition coefficient (Wildman–Crippen LogP) is 1.44. The highest BCUT2D eigenvalue weighted by Gasteiger charge is 2.41. The summed E-state index contributed by atoms with van der Waals surface area (Å²) >= 11 is 4.69. The number of ether oxygens (including phenoxy) is 1. The van der Waals surface area contributed by atoms with Gasteiger partial charge in [0.05, 0.1) is 4.92 Å². The van der Waals surface area contributed by atoms with Gasteiger partial charge in [0.15, 0.2) is 11.1 Å². The fraction of sp³-hybridized carbons (Fsp3) is 0.400. The molecule has 1 fully saturated rings. The Labute approximate surface area is 148 Å². The Morgan fingerprint density at radius 3 is 2.52 bits per heavy atom. The van der Waals surface area contributed by atoms with Gasteiger partial charge in [-0.05, 0) is 42.8 Å². The highest BCUT2D eigenvalue weighted by molar-refractivity contribution is 7.80. The predicted molar refractivity (Wildman–Crippen MR) is 89.3 cm³/mol. The molecule has 0 bridgehead atoms. The average molecular weight is 368 g/mol. The second-order valence-corrected chi connectivity index (χ2v) is 5.92. The van der Waals surface area contributed by atoms with E-state index < -0.39 is 34.0 Å². The van der Waals surface area contributed by atoms with Gasteiger partial charge in [-0.15, -0.1) is 0 Å². The second kappa shape index (κ2) is 7.99. The number of esters is 1. The zero-order valence-electron chi connectivity index (χ0n) is 13.0. The number of nitro benzene ring substituents is 1.